The molecule has 1 rings (SSSR count). The molecule has 0 aromatic heterocycles. The number of nitrogens with one attached hydrogen (secondary N) is 1. The summed E-state index contributed by atoms with van der Waals surface area (Å²) in [5.41, 5.74) is 0.741. The monoisotopic (exact) mass is 252 g/mol. The second kappa shape index (κ2) is 6.77. The summed E-state index contributed by atoms with van der Waals surface area (Å²) in [6.45, 7) is 2.05. The van der Waals surface area contributed by atoms with Gasteiger partial charge in [0.05, 0.1) is 19.1 Å². The lowest BCUT2D eigenvalue weighted by molar-refractivity contribution is -0.143. The van der Waals surface area contributed by atoms with Crippen LogP contribution in [-0.4, -0.2) is 18.6 Å². The molecular formula is C12H13ClN2O2. The minimum Gasteiger partial charge on any atom is -0.466 e. The van der Waals surface area contributed by atoms with Crippen LogP contribution in [0.15, 0.2) is 24.3 Å². The fourth-order valence-electron chi connectivity index (χ4n) is 1.26. The summed E-state index contributed by atoms with van der Waals surface area (Å²) in [5, 5.41) is 12.5. The van der Waals surface area contributed by atoms with Crippen LogP contribution >= 0.6 is 11.6 Å². The molecule has 0 radical (unpaired) electrons. The van der Waals surface area contributed by atoms with Gasteiger partial charge in [0, 0.05) is 10.7 Å². The zero-order valence-corrected chi connectivity index (χ0v) is 10.2. The molecule has 0 heterocycles. The summed E-state index contributed by atoms with van der Waals surface area (Å²) in [6.07, 6.45) is 0.0208. The Morgan fingerprint density at radius 2 is 2.18 bits per heavy atom. The second-order valence-electron chi connectivity index (χ2n) is 3.34. The third kappa shape index (κ3) is 4.75. The predicted octanol–water partition coefficient (Wildman–Crippen LogP) is 2.60. The van der Waals surface area contributed by atoms with Crippen molar-refractivity contribution in [3.63, 3.8) is 0 Å². The van der Waals surface area contributed by atoms with Crippen molar-refractivity contribution < 1.29 is 9.53 Å². The van der Waals surface area contributed by atoms with Gasteiger partial charge in [-0.2, -0.15) is 5.26 Å². The van der Waals surface area contributed by atoms with E-state index in [4.69, 9.17) is 21.6 Å². The normalized spacial score (nSPS) is 11.4. The van der Waals surface area contributed by atoms with E-state index in [-0.39, 0.29) is 12.4 Å². The zero-order chi connectivity index (χ0) is 12.7. The van der Waals surface area contributed by atoms with Gasteiger partial charge in [-0.15, -0.1) is 0 Å². The number of carbonyl (C=O) groups excluding carboxylic acids is 1. The van der Waals surface area contributed by atoms with E-state index in [1.54, 1.807) is 31.2 Å². The number of rotatable bonds is 5. The van der Waals surface area contributed by atoms with Gasteiger partial charge in [0.15, 0.2) is 0 Å². The smallest absolute Gasteiger partial charge is 0.308 e. The fourth-order valence-corrected chi connectivity index (χ4v) is 1.39. The van der Waals surface area contributed by atoms with Gasteiger partial charge in [-0.1, -0.05) is 11.6 Å². The van der Waals surface area contributed by atoms with Gasteiger partial charge in [-0.3, -0.25) is 4.79 Å². The Hall–Kier alpha value is -1.73. The van der Waals surface area contributed by atoms with Gasteiger partial charge < -0.3 is 10.1 Å². The molecule has 90 valence electrons. The van der Waals surface area contributed by atoms with Gasteiger partial charge in [-0.05, 0) is 31.2 Å². The summed E-state index contributed by atoms with van der Waals surface area (Å²) in [7, 11) is 0. The Labute approximate surface area is 105 Å². The maximum absolute atomic E-state index is 11.2. The van der Waals surface area contributed by atoms with Gasteiger partial charge in [0.1, 0.15) is 6.04 Å². The highest BCUT2D eigenvalue weighted by Gasteiger charge is 2.13. The van der Waals surface area contributed by atoms with Gasteiger partial charge in [0.25, 0.3) is 0 Å². The number of carbonyl (C=O) groups is 1. The van der Waals surface area contributed by atoms with Crippen LogP contribution in [0.2, 0.25) is 5.02 Å². The van der Waals surface area contributed by atoms with E-state index >= 15 is 0 Å². The SMILES string of the molecule is CCOC(=O)CC(C#N)Nc1ccc(Cl)cc1. The molecule has 4 nitrogen and oxygen atoms in total. The van der Waals surface area contributed by atoms with Crippen molar-refractivity contribution in [1.29, 1.82) is 5.26 Å². The molecule has 0 saturated carbocycles. The Morgan fingerprint density at radius 3 is 2.71 bits per heavy atom. The van der Waals surface area contributed by atoms with Crippen LogP contribution in [0, 0.1) is 11.3 Å². The summed E-state index contributed by atoms with van der Waals surface area (Å²) in [5.74, 6) is -0.388. The highest BCUT2D eigenvalue weighted by atomic mass is 35.5. The van der Waals surface area contributed by atoms with Crippen molar-refractivity contribution in [1.82, 2.24) is 0 Å². The summed E-state index contributed by atoms with van der Waals surface area (Å²) >= 11 is 5.74. The van der Waals surface area contributed by atoms with Crippen LogP contribution < -0.4 is 5.32 Å². The molecule has 17 heavy (non-hydrogen) atoms. The molecule has 1 aromatic rings. The lowest BCUT2D eigenvalue weighted by Crippen LogP contribution is -2.22. The third-order valence-electron chi connectivity index (χ3n) is 2.02. The van der Waals surface area contributed by atoms with Gasteiger partial charge in [0.2, 0.25) is 0 Å². The van der Waals surface area contributed by atoms with Crippen molar-refractivity contribution in [3.8, 4) is 6.07 Å². The Bertz CT molecular complexity index is 412. The standard InChI is InChI=1S/C12H13ClN2O2/c1-2-17-12(16)7-11(8-14)15-10-5-3-9(13)4-6-10/h3-6,11,15H,2,7H2,1H3. The molecule has 5 heteroatoms. The van der Waals surface area contributed by atoms with E-state index < -0.39 is 6.04 Å². The summed E-state index contributed by atoms with van der Waals surface area (Å²) < 4.78 is 4.78. The van der Waals surface area contributed by atoms with Crippen LogP contribution in [-0.2, 0) is 9.53 Å². The van der Waals surface area contributed by atoms with E-state index in [1.165, 1.54) is 0 Å². The molecule has 0 aliphatic rings. The number of anilines is 1. The number of halogens is 1. The maximum atomic E-state index is 11.2. The van der Waals surface area contributed by atoms with Crippen molar-refractivity contribution in [2.75, 3.05) is 11.9 Å². The van der Waals surface area contributed by atoms with Crippen LogP contribution in [0.1, 0.15) is 13.3 Å². The number of hydrogen-bond donors (Lipinski definition) is 1. The van der Waals surface area contributed by atoms with Gasteiger partial charge in [-0.25, -0.2) is 0 Å². The molecule has 1 aromatic carbocycles. The van der Waals surface area contributed by atoms with Crippen molar-refractivity contribution >= 4 is 23.3 Å². The third-order valence-corrected chi connectivity index (χ3v) is 2.27. The van der Waals surface area contributed by atoms with Crippen LogP contribution in [0.25, 0.3) is 0 Å². The van der Waals surface area contributed by atoms with E-state index in [0.29, 0.717) is 11.6 Å². The molecule has 0 saturated heterocycles. The number of benzene rings is 1. The first-order chi connectivity index (χ1) is 8.15. The van der Waals surface area contributed by atoms with Crippen LogP contribution in [0.3, 0.4) is 0 Å². The maximum Gasteiger partial charge on any atom is 0.308 e. The molecule has 0 aliphatic heterocycles. The van der Waals surface area contributed by atoms with Crippen LogP contribution in [0.5, 0.6) is 0 Å². The largest absolute Gasteiger partial charge is 0.466 e. The van der Waals surface area contributed by atoms with Gasteiger partial charge >= 0.3 is 5.97 Å². The highest BCUT2D eigenvalue weighted by molar-refractivity contribution is 6.30. The van der Waals surface area contributed by atoms with E-state index in [9.17, 15) is 4.79 Å². The number of ether oxygens (including phenoxy) is 1. The molecule has 0 spiro atoms. The average molecular weight is 253 g/mol. The molecule has 0 bridgehead atoms. The fraction of sp³-hybridized carbons (Fsp3) is 0.333. The topological polar surface area (TPSA) is 62.1 Å². The van der Waals surface area contributed by atoms with E-state index in [1.807, 2.05) is 6.07 Å². The average Bonchev–Trinajstić information content (AvgIpc) is 2.31. The molecule has 0 amide bonds. The minimum atomic E-state index is -0.602. The molecular weight excluding hydrogens is 240 g/mol. The number of hydrogen-bond acceptors (Lipinski definition) is 4. The summed E-state index contributed by atoms with van der Waals surface area (Å²) in [4.78, 5) is 11.2. The van der Waals surface area contributed by atoms with Crippen molar-refractivity contribution in [3.05, 3.63) is 29.3 Å². The van der Waals surface area contributed by atoms with E-state index in [2.05, 4.69) is 5.32 Å². The lowest BCUT2D eigenvalue weighted by atomic mass is 10.2. The Kier molecular flexibility index (Phi) is 5.31. The predicted molar refractivity (Wildman–Crippen MR) is 65.7 cm³/mol. The second-order valence-corrected chi connectivity index (χ2v) is 3.78. The van der Waals surface area contributed by atoms with Crippen LogP contribution in [0.4, 0.5) is 5.69 Å². The lowest BCUT2D eigenvalue weighted by Gasteiger charge is -2.12. The van der Waals surface area contributed by atoms with Crippen molar-refractivity contribution in [2.45, 2.75) is 19.4 Å². The highest BCUT2D eigenvalue weighted by Crippen LogP contribution is 2.14. The van der Waals surface area contributed by atoms with E-state index in [0.717, 1.165) is 5.69 Å². The molecule has 1 N–H and O–H groups in total. The zero-order valence-electron chi connectivity index (χ0n) is 9.44. The van der Waals surface area contributed by atoms with Crippen molar-refractivity contribution in [2.24, 2.45) is 0 Å². The molecule has 1 atom stereocenters. The molecule has 1 unspecified atom stereocenters. The first-order valence-electron chi connectivity index (χ1n) is 5.23. The first-order valence-corrected chi connectivity index (χ1v) is 5.61. The minimum absolute atomic E-state index is 0.0208. The first kappa shape index (κ1) is 13.3. The number of nitrogens with zero attached hydrogens (tertiary/aromatic N) is 1. The quantitative estimate of drug-likeness (QED) is 0.819. The molecule has 0 fully saturated rings. The Balaban J connectivity index is 2.55. The summed E-state index contributed by atoms with van der Waals surface area (Å²) in [6, 6.07) is 8.33. The number of esters is 1. The number of nitriles is 1. The Morgan fingerprint density at radius 1 is 1.53 bits per heavy atom. The molecule has 0 aliphatic carbocycles.